The number of hydrogen-bond donors (Lipinski definition) is 6. The minimum atomic E-state index is -5.09. The molecule has 0 spiro atoms. The molecule has 0 saturated carbocycles. The largest absolute Gasteiger partial charge is 0.397 e. The van der Waals surface area contributed by atoms with Gasteiger partial charge in [0.15, 0.2) is 6.29 Å². The van der Waals surface area contributed by atoms with E-state index in [0.717, 1.165) is 38.5 Å². The molecule has 0 radical (unpaired) electrons. The molecular weight excluding hydrogens is 1010 g/mol. The van der Waals surface area contributed by atoms with E-state index in [0.29, 0.717) is 6.42 Å². The Kier molecular flexibility index (Phi) is 53.8. The number of carbonyl (C=O) groups excluding carboxylic acids is 1. The van der Waals surface area contributed by atoms with Crippen LogP contribution < -0.4 is 5.32 Å². The lowest BCUT2D eigenvalue weighted by Crippen LogP contribution is -2.61. The Labute approximate surface area is 487 Å². The first-order valence-electron chi connectivity index (χ1n) is 34.1. The second kappa shape index (κ2) is 56.0. The molecule has 13 heteroatoms. The molecule has 0 bridgehead atoms. The Morgan fingerprint density at radius 2 is 0.797 bits per heavy atom. The van der Waals surface area contributed by atoms with E-state index in [2.05, 4.69) is 23.3 Å². The molecule has 0 aliphatic carbocycles. The van der Waals surface area contributed by atoms with Crippen molar-refractivity contribution in [2.45, 2.75) is 391 Å². The molecule has 0 aromatic heterocycles. The van der Waals surface area contributed by atoms with Crippen molar-refractivity contribution in [3.8, 4) is 0 Å². The first-order chi connectivity index (χ1) is 38.5. The SMILES string of the molecule is CCCCCCCCCCCCCCC/C=C/C(O)C(COC1OC(CO)C(O)C(OS(=O)(=O)O)C1O)NC(=O)CCCCCCCCCCCCCCCCCCCCCCCCCCCCCCCCCCCCCCC. The highest BCUT2D eigenvalue weighted by molar-refractivity contribution is 7.80. The molecule has 1 saturated heterocycles. The summed E-state index contributed by atoms with van der Waals surface area (Å²) in [6.07, 6.45) is 61.7. The van der Waals surface area contributed by atoms with Crippen molar-refractivity contribution >= 4 is 16.3 Å². The number of aliphatic hydroxyl groups is 4. The highest BCUT2D eigenvalue weighted by Crippen LogP contribution is 2.26. The van der Waals surface area contributed by atoms with E-state index in [1.807, 2.05) is 6.08 Å². The minimum absolute atomic E-state index is 0.254. The van der Waals surface area contributed by atoms with Gasteiger partial charge in [-0.3, -0.25) is 9.35 Å². The number of rotatable bonds is 61. The van der Waals surface area contributed by atoms with Gasteiger partial charge in [0.1, 0.15) is 24.4 Å². The summed E-state index contributed by atoms with van der Waals surface area (Å²) >= 11 is 0. The molecule has 12 nitrogen and oxygen atoms in total. The van der Waals surface area contributed by atoms with Crippen molar-refractivity contribution in [3.63, 3.8) is 0 Å². The Morgan fingerprint density at radius 3 is 1.10 bits per heavy atom. The topological polar surface area (TPSA) is 192 Å². The smallest absolute Gasteiger partial charge is 0.394 e. The molecular formula is C66H129NO11S. The summed E-state index contributed by atoms with van der Waals surface area (Å²) in [7, 11) is -5.09. The Bertz CT molecular complexity index is 1440. The van der Waals surface area contributed by atoms with Crippen molar-refractivity contribution < 1.29 is 51.8 Å². The molecule has 6 N–H and O–H groups in total. The van der Waals surface area contributed by atoms with Gasteiger partial charge in [-0.15, -0.1) is 0 Å². The molecule has 7 unspecified atom stereocenters. The van der Waals surface area contributed by atoms with Crippen LogP contribution in [0.5, 0.6) is 0 Å². The van der Waals surface area contributed by atoms with Crippen LogP contribution in [-0.4, -0.2) is 95.4 Å². The van der Waals surface area contributed by atoms with E-state index in [1.165, 1.54) is 283 Å². The third-order valence-electron chi connectivity index (χ3n) is 16.6. The van der Waals surface area contributed by atoms with E-state index in [4.69, 9.17) is 9.47 Å². The standard InChI is InChI=1S/C66H129NO11S/c1-3-5-7-9-11-13-15-17-19-20-21-22-23-24-25-26-27-28-29-30-31-32-33-34-35-36-37-38-39-40-42-44-46-48-50-52-54-56-62(70)67-59(58-76-66-64(72)65(78-79(73,74)75)63(71)61(57-68)77-66)60(69)55-53-51-49-47-45-43-41-18-16-14-12-10-8-6-4-2/h53,55,59-61,63-66,68-69,71-72H,3-52,54,56-58H2,1-2H3,(H,67,70)(H,73,74,75)/b55-53+. The zero-order valence-electron chi connectivity index (χ0n) is 51.5. The zero-order valence-corrected chi connectivity index (χ0v) is 52.3. The molecule has 1 rings (SSSR count). The van der Waals surface area contributed by atoms with E-state index in [-0.39, 0.29) is 18.9 Å². The molecule has 0 aromatic carbocycles. The number of carbonyl (C=O) groups is 1. The number of aliphatic hydroxyl groups excluding tert-OH is 4. The lowest BCUT2D eigenvalue weighted by atomic mass is 9.99. The maximum atomic E-state index is 13.2. The maximum absolute atomic E-state index is 13.2. The van der Waals surface area contributed by atoms with Crippen LogP contribution in [0.15, 0.2) is 12.2 Å². The van der Waals surface area contributed by atoms with Gasteiger partial charge in [0, 0.05) is 6.42 Å². The molecule has 1 fully saturated rings. The van der Waals surface area contributed by atoms with Gasteiger partial charge < -0.3 is 35.2 Å². The van der Waals surface area contributed by atoms with E-state index in [9.17, 15) is 38.2 Å². The summed E-state index contributed by atoms with van der Waals surface area (Å²) in [5, 5.41) is 45.0. The van der Waals surface area contributed by atoms with Crippen LogP contribution in [0.25, 0.3) is 0 Å². The first kappa shape index (κ1) is 75.9. The predicted molar refractivity (Wildman–Crippen MR) is 329 cm³/mol. The number of nitrogens with one attached hydrogen (secondary N) is 1. The normalized spacial score (nSPS) is 18.7. The summed E-state index contributed by atoms with van der Waals surface area (Å²) in [6.45, 7) is 3.44. The van der Waals surface area contributed by atoms with Gasteiger partial charge in [-0.05, 0) is 19.3 Å². The van der Waals surface area contributed by atoms with Crippen molar-refractivity contribution in [1.29, 1.82) is 0 Å². The molecule has 1 aliphatic heterocycles. The highest BCUT2D eigenvalue weighted by Gasteiger charge is 2.48. The lowest BCUT2D eigenvalue weighted by Gasteiger charge is -2.41. The van der Waals surface area contributed by atoms with Crippen LogP contribution >= 0.6 is 0 Å². The van der Waals surface area contributed by atoms with Crippen LogP contribution in [0, 0.1) is 0 Å². The van der Waals surface area contributed by atoms with Gasteiger partial charge in [0.2, 0.25) is 5.91 Å². The third kappa shape index (κ3) is 47.8. The van der Waals surface area contributed by atoms with Gasteiger partial charge in [-0.2, -0.15) is 8.42 Å². The Hall–Kier alpha value is -1.16. The number of unbranched alkanes of at least 4 members (excludes halogenated alkanes) is 49. The van der Waals surface area contributed by atoms with E-state index < -0.39 is 59.9 Å². The molecule has 1 heterocycles. The minimum Gasteiger partial charge on any atom is -0.394 e. The molecule has 1 aliphatic rings. The highest BCUT2D eigenvalue weighted by atomic mass is 32.3. The van der Waals surface area contributed by atoms with Gasteiger partial charge in [-0.1, -0.05) is 334 Å². The van der Waals surface area contributed by atoms with Crippen LogP contribution in [0.4, 0.5) is 0 Å². The van der Waals surface area contributed by atoms with Crippen LogP contribution in [0.1, 0.15) is 348 Å². The first-order valence-corrected chi connectivity index (χ1v) is 35.4. The van der Waals surface area contributed by atoms with E-state index >= 15 is 0 Å². The third-order valence-corrected chi connectivity index (χ3v) is 17.0. The van der Waals surface area contributed by atoms with Crippen LogP contribution in [0.3, 0.4) is 0 Å². The fraction of sp³-hybridized carbons (Fsp3) is 0.955. The van der Waals surface area contributed by atoms with Crippen molar-refractivity contribution in [2.24, 2.45) is 0 Å². The van der Waals surface area contributed by atoms with Crippen LogP contribution in [-0.2, 0) is 28.9 Å². The molecule has 79 heavy (non-hydrogen) atoms. The summed E-state index contributed by atoms with van der Waals surface area (Å²) in [5.74, 6) is -0.254. The fourth-order valence-corrected chi connectivity index (χ4v) is 11.9. The Balaban J connectivity index is 2.14. The molecule has 7 atom stereocenters. The van der Waals surface area contributed by atoms with Gasteiger partial charge >= 0.3 is 10.4 Å². The van der Waals surface area contributed by atoms with Gasteiger partial charge in [0.05, 0.1) is 25.4 Å². The van der Waals surface area contributed by atoms with Gasteiger partial charge in [0.25, 0.3) is 0 Å². The Morgan fingerprint density at radius 1 is 0.494 bits per heavy atom. The number of allylic oxidation sites excluding steroid dienone is 1. The average molecular weight is 1140 g/mol. The zero-order chi connectivity index (χ0) is 57.5. The summed E-state index contributed by atoms with van der Waals surface area (Å²) < 4.78 is 47.9. The number of ether oxygens (including phenoxy) is 2. The second-order valence-corrected chi connectivity index (χ2v) is 25.2. The molecule has 470 valence electrons. The van der Waals surface area contributed by atoms with Crippen molar-refractivity contribution in [3.05, 3.63) is 12.2 Å². The second-order valence-electron chi connectivity index (χ2n) is 24.1. The van der Waals surface area contributed by atoms with Crippen molar-refractivity contribution in [1.82, 2.24) is 5.32 Å². The van der Waals surface area contributed by atoms with Crippen molar-refractivity contribution in [2.75, 3.05) is 13.2 Å². The average Bonchev–Trinajstić information content (AvgIpc) is 3.44. The van der Waals surface area contributed by atoms with E-state index in [1.54, 1.807) is 6.08 Å². The maximum Gasteiger partial charge on any atom is 0.397 e. The lowest BCUT2D eigenvalue weighted by molar-refractivity contribution is -0.298. The predicted octanol–water partition coefficient (Wildman–Crippen LogP) is 17.4. The fourth-order valence-electron chi connectivity index (χ4n) is 11.3. The number of hydrogen-bond acceptors (Lipinski definition) is 10. The molecule has 1 amide bonds. The monoisotopic (exact) mass is 1140 g/mol. The summed E-state index contributed by atoms with van der Waals surface area (Å²) in [5.41, 5.74) is 0. The quantitative estimate of drug-likeness (QED) is 0.0193. The molecule has 0 aromatic rings. The summed E-state index contributed by atoms with van der Waals surface area (Å²) in [6, 6.07) is -0.940. The summed E-state index contributed by atoms with van der Waals surface area (Å²) in [4.78, 5) is 13.2. The van der Waals surface area contributed by atoms with Crippen LogP contribution in [0.2, 0.25) is 0 Å². The van der Waals surface area contributed by atoms with Gasteiger partial charge in [-0.25, -0.2) is 4.18 Å². The number of amides is 1.